The molecule has 0 atom stereocenters. The van der Waals surface area contributed by atoms with Gasteiger partial charge in [0.25, 0.3) is 0 Å². The van der Waals surface area contributed by atoms with Gasteiger partial charge in [0.15, 0.2) is 0 Å². The van der Waals surface area contributed by atoms with Gasteiger partial charge in [-0.2, -0.15) is 8.42 Å². The van der Waals surface area contributed by atoms with Gasteiger partial charge in [-0.1, -0.05) is 0 Å². The average molecular weight is 249 g/mol. The van der Waals surface area contributed by atoms with E-state index in [-0.39, 0.29) is 65.7 Å². The minimum absolute atomic E-state index is 0. The molecule has 11 heavy (non-hydrogen) atoms. The normalized spacial score (nSPS) is 5.27. The van der Waals surface area contributed by atoms with Crippen LogP contribution in [-0.4, -0.2) is 17.5 Å². The quantitative estimate of drug-likeness (QED) is 0.254. The Hall–Kier alpha value is 1.12. The van der Waals surface area contributed by atoms with Gasteiger partial charge in [0.2, 0.25) is 0 Å². The molecule has 11 heteroatoms. The van der Waals surface area contributed by atoms with Crippen LogP contribution in [0, 0.1) is 0 Å². The zero-order valence-electron chi connectivity index (χ0n) is 5.04. The van der Waals surface area contributed by atoms with Gasteiger partial charge in [-0.3, -0.25) is 9.11 Å². The van der Waals surface area contributed by atoms with Crippen LogP contribution in [0.25, 0.3) is 0 Å². The molecule has 0 fully saturated rings. The van der Waals surface area contributed by atoms with Crippen LogP contribution in [0.5, 0.6) is 0 Å². The van der Waals surface area contributed by atoms with E-state index in [2.05, 4.69) is 0 Å². The molecule has 67 valence electrons. The third-order valence-electron chi connectivity index (χ3n) is 0. The molecule has 0 heterocycles. The van der Waals surface area contributed by atoms with Gasteiger partial charge >= 0.3 is 57.3 Å². The van der Waals surface area contributed by atoms with Crippen molar-refractivity contribution in [2.45, 2.75) is 0 Å². The molecular formula is H2CrF4NaO4S. The van der Waals surface area contributed by atoms with E-state index >= 15 is 0 Å². The zero-order valence-corrected chi connectivity index (χ0v) is 9.13. The van der Waals surface area contributed by atoms with Crippen LogP contribution in [0.2, 0.25) is 0 Å². The van der Waals surface area contributed by atoms with Crippen LogP contribution < -0.4 is 48.4 Å². The Morgan fingerprint density at radius 2 is 0.818 bits per heavy atom. The predicted octanol–water partition coefficient (Wildman–Crippen LogP) is -15.6. The van der Waals surface area contributed by atoms with Gasteiger partial charge in [0, 0.05) is 0 Å². The van der Waals surface area contributed by atoms with Crippen molar-refractivity contribution in [3.63, 3.8) is 0 Å². The van der Waals surface area contributed by atoms with E-state index < -0.39 is 10.4 Å². The summed E-state index contributed by atoms with van der Waals surface area (Å²) in [5.74, 6) is 0. The predicted molar refractivity (Wildman–Crippen MR) is 14.2 cm³/mol. The molecule has 0 saturated carbocycles. The molecule has 0 aliphatic carbocycles. The van der Waals surface area contributed by atoms with Gasteiger partial charge in [-0.05, 0) is 0 Å². The maximum atomic E-state index is 8.74. The summed E-state index contributed by atoms with van der Waals surface area (Å²) in [4.78, 5) is 0. The molecule has 0 unspecified atom stereocenters. The van der Waals surface area contributed by atoms with Crippen molar-refractivity contribution < 1.29 is 83.3 Å². The molecule has 0 bridgehead atoms. The van der Waals surface area contributed by atoms with Gasteiger partial charge in [0.1, 0.15) is 0 Å². The molecule has 0 rings (SSSR count). The third kappa shape index (κ3) is 735. The van der Waals surface area contributed by atoms with E-state index in [1.165, 1.54) is 0 Å². The van der Waals surface area contributed by atoms with E-state index in [4.69, 9.17) is 17.5 Å². The molecule has 0 aliphatic heterocycles. The Morgan fingerprint density at radius 1 is 0.818 bits per heavy atom. The van der Waals surface area contributed by atoms with Crippen LogP contribution in [0.15, 0.2) is 0 Å². The van der Waals surface area contributed by atoms with E-state index in [0.29, 0.717) is 0 Å². The molecule has 2 N–H and O–H groups in total. The SMILES string of the molecule is O=S(=O)(O)O.[Cr+3].[F-].[F-].[F-].[F-].[Na+]. The Labute approximate surface area is 93.2 Å². The van der Waals surface area contributed by atoms with Gasteiger partial charge in [-0.15, -0.1) is 0 Å². The first-order valence-electron chi connectivity index (χ1n) is 0.698. The molecule has 0 saturated heterocycles. The molecule has 0 aromatic heterocycles. The van der Waals surface area contributed by atoms with Crippen molar-refractivity contribution in [2.24, 2.45) is 0 Å². The fourth-order valence-corrected chi connectivity index (χ4v) is 0. The van der Waals surface area contributed by atoms with Crippen molar-refractivity contribution in [3.05, 3.63) is 0 Å². The van der Waals surface area contributed by atoms with Crippen LogP contribution >= 0.6 is 0 Å². The van der Waals surface area contributed by atoms with E-state index in [1.807, 2.05) is 0 Å². The Kier molecular flexibility index (Phi) is 117. The van der Waals surface area contributed by atoms with Gasteiger partial charge in [-0.25, -0.2) is 0 Å². The summed E-state index contributed by atoms with van der Waals surface area (Å²) in [5.41, 5.74) is 0. The summed E-state index contributed by atoms with van der Waals surface area (Å²) in [6.45, 7) is 0. The first kappa shape index (κ1) is 57.2. The third-order valence-corrected chi connectivity index (χ3v) is 0. The largest absolute Gasteiger partial charge is 3.00 e. The topological polar surface area (TPSA) is 74.6 Å². The van der Waals surface area contributed by atoms with Crippen molar-refractivity contribution >= 4 is 10.4 Å². The molecule has 0 aliphatic rings. The zero-order chi connectivity index (χ0) is 4.50. The molecule has 0 amide bonds. The molecule has 4 nitrogen and oxygen atoms in total. The second-order valence-corrected chi connectivity index (χ2v) is 1.34. The maximum absolute atomic E-state index is 8.74. The van der Waals surface area contributed by atoms with Crippen molar-refractivity contribution in [2.75, 3.05) is 0 Å². The minimum atomic E-state index is -4.67. The van der Waals surface area contributed by atoms with Crippen molar-refractivity contribution in [1.82, 2.24) is 0 Å². The molecule has 1 radical (unpaired) electrons. The fourth-order valence-electron chi connectivity index (χ4n) is 0. The van der Waals surface area contributed by atoms with Crippen LogP contribution in [-0.2, 0) is 27.8 Å². The number of hydrogen-bond acceptors (Lipinski definition) is 2. The second-order valence-electron chi connectivity index (χ2n) is 0.448. The van der Waals surface area contributed by atoms with Crippen LogP contribution in [0.4, 0.5) is 0 Å². The van der Waals surface area contributed by atoms with Crippen molar-refractivity contribution in [1.29, 1.82) is 0 Å². The van der Waals surface area contributed by atoms with E-state index in [1.54, 1.807) is 0 Å². The molecule has 0 aromatic rings. The summed E-state index contributed by atoms with van der Waals surface area (Å²) < 4.78 is 31.6. The monoisotopic (exact) mass is 249 g/mol. The first-order valence-corrected chi connectivity index (χ1v) is 2.10. The van der Waals surface area contributed by atoms with E-state index in [0.717, 1.165) is 0 Å². The molecular weight excluding hydrogens is 247 g/mol. The molecule has 0 aromatic carbocycles. The van der Waals surface area contributed by atoms with Crippen LogP contribution in [0.1, 0.15) is 0 Å². The summed E-state index contributed by atoms with van der Waals surface area (Å²) >= 11 is 0. The van der Waals surface area contributed by atoms with Gasteiger partial charge < -0.3 is 18.8 Å². The Balaban J connectivity index is -0.00000000533. The Bertz CT molecular complexity index is 105. The van der Waals surface area contributed by atoms with Crippen molar-refractivity contribution in [3.8, 4) is 0 Å². The number of hydrogen-bond donors (Lipinski definition) is 2. The first-order chi connectivity index (χ1) is 2.00. The number of halogens is 4. The summed E-state index contributed by atoms with van der Waals surface area (Å²) in [6.07, 6.45) is 0. The van der Waals surface area contributed by atoms with Gasteiger partial charge in [0.05, 0.1) is 0 Å². The Morgan fingerprint density at radius 3 is 0.818 bits per heavy atom. The van der Waals surface area contributed by atoms with E-state index in [9.17, 15) is 0 Å². The van der Waals surface area contributed by atoms with Crippen LogP contribution in [0.3, 0.4) is 0 Å². The smallest absolute Gasteiger partial charge is 1.00 e. The maximum Gasteiger partial charge on any atom is 3.00 e. The number of rotatable bonds is 0. The average Bonchev–Trinajstić information content (AvgIpc) is 0.722. The summed E-state index contributed by atoms with van der Waals surface area (Å²) in [5, 5.41) is 0. The standard InChI is InChI=1S/Cr.4FH.Na.H2O4S/c;;;;;;1-5(2,3)4/h;4*1H;;(H2,1,2,3,4)/q+3;;;;;+1;/p-4. The second kappa shape index (κ2) is 22.5. The summed E-state index contributed by atoms with van der Waals surface area (Å²) in [6, 6.07) is 0. The fraction of sp³-hybridized carbons (Fsp3) is 0. The molecule has 0 spiro atoms. The summed E-state index contributed by atoms with van der Waals surface area (Å²) in [7, 11) is -4.67. The minimum Gasteiger partial charge on any atom is -1.00 e.